The molecule has 0 aliphatic carbocycles. The molecule has 0 aromatic heterocycles. The lowest BCUT2D eigenvalue weighted by Crippen LogP contribution is -2.46. The number of unbranched alkanes of at least 4 members (excludes halogenated alkanes) is 1. The second kappa shape index (κ2) is 9.06. The molecule has 0 saturated carbocycles. The zero-order valence-electron chi connectivity index (χ0n) is 13.6. The maximum absolute atomic E-state index is 12.7. The fourth-order valence-corrected chi connectivity index (χ4v) is 3.20. The number of aliphatic carboxylic acids is 1. The summed E-state index contributed by atoms with van der Waals surface area (Å²) in [5, 5.41) is 12.1. The summed E-state index contributed by atoms with van der Waals surface area (Å²) in [5.41, 5.74) is 0.287. The van der Waals surface area contributed by atoms with Gasteiger partial charge in [0, 0.05) is 24.5 Å². The Balaban J connectivity index is 1.94. The van der Waals surface area contributed by atoms with Crippen LogP contribution in [0, 0.1) is 0 Å². The van der Waals surface area contributed by atoms with Gasteiger partial charge in [-0.3, -0.25) is 14.4 Å². The van der Waals surface area contributed by atoms with E-state index in [9.17, 15) is 14.4 Å². The maximum Gasteiger partial charge on any atom is 0.303 e. The van der Waals surface area contributed by atoms with Crippen LogP contribution in [0.5, 0.6) is 0 Å². The molecule has 0 bridgehead atoms. The molecule has 0 radical (unpaired) electrons. The summed E-state index contributed by atoms with van der Waals surface area (Å²) in [7, 11) is 0. The zero-order chi connectivity index (χ0) is 18.4. The topological polar surface area (TPSA) is 86.7 Å². The van der Waals surface area contributed by atoms with Gasteiger partial charge in [-0.15, -0.1) is 0 Å². The molecule has 1 heterocycles. The molecule has 2 rings (SSSR count). The summed E-state index contributed by atoms with van der Waals surface area (Å²) >= 11 is 12.0. The van der Waals surface area contributed by atoms with Crippen LogP contribution in [0.15, 0.2) is 18.2 Å². The molecule has 1 atom stereocenters. The van der Waals surface area contributed by atoms with Crippen molar-refractivity contribution >= 4 is 41.0 Å². The lowest BCUT2D eigenvalue weighted by molar-refractivity contribution is -0.137. The second-order valence-corrected chi connectivity index (χ2v) is 6.77. The Morgan fingerprint density at radius 2 is 2.00 bits per heavy atom. The summed E-state index contributed by atoms with van der Waals surface area (Å²) in [6, 6.07) is 4.13. The predicted octanol–water partition coefficient (Wildman–Crippen LogP) is 2.97. The van der Waals surface area contributed by atoms with Crippen LogP contribution in [0.2, 0.25) is 10.0 Å². The first-order valence-electron chi connectivity index (χ1n) is 8.15. The van der Waals surface area contributed by atoms with Crippen LogP contribution >= 0.6 is 23.2 Å². The van der Waals surface area contributed by atoms with Crippen molar-refractivity contribution in [3.05, 3.63) is 33.8 Å². The summed E-state index contributed by atoms with van der Waals surface area (Å²) in [4.78, 5) is 37.1. The van der Waals surface area contributed by atoms with Gasteiger partial charge in [-0.25, -0.2) is 0 Å². The number of nitrogens with zero attached hydrogens (tertiary/aromatic N) is 1. The zero-order valence-corrected chi connectivity index (χ0v) is 15.1. The summed E-state index contributed by atoms with van der Waals surface area (Å²) in [5.74, 6) is -1.38. The number of hydrogen-bond acceptors (Lipinski definition) is 3. The molecular weight excluding hydrogens is 367 g/mol. The van der Waals surface area contributed by atoms with Gasteiger partial charge in [-0.2, -0.15) is 0 Å². The standard InChI is InChI=1S/C17H20Cl2N2O4/c18-11-6-7-13(19)12(10-11)17(25)21-9-3-4-14(21)16(24)20-8-2-1-5-15(22)23/h6-7,10,14H,1-5,8-9H2,(H,20,24)(H,22,23). The molecule has 0 spiro atoms. The fraction of sp³-hybridized carbons (Fsp3) is 0.471. The van der Waals surface area contributed by atoms with Gasteiger partial charge in [0.2, 0.25) is 5.91 Å². The SMILES string of the molecule is O=C(O)CCCCNC(=O)C1CCCN1C(=O)c1cc(Cl)ccc1Cl. The number of halogens is 2. The lowest BCUT2D eigenvalue weighted by Gasteiger charge is -2.24. The molecule has 1 aromatic rings. The van der Waals surface area contributed by atoms with E-state index in [1.807, 2.05) is 0 Å². The number of carbonyl (C=O) groups excluding carboxylic acids is 2. The van der Waals surface area contributed by atoms with Crippen molar-refractivity contribution in [2.24, 2.45) is 0 Å². The van der Waals surface area contributed by atoms with Gasteiger partial charge in [0.25, 0.3) is 5.91 Å². The number of rotatable bonds is 7. The predicted molar refractivity (Wildman–Crippen MR) is 95.0 cm³/mol. The van der Waals surface area contributed by atoms with E-state index in [0.29, 0.717) is 42.4 Å². The van der Waals surface area contributed by atoms with Gasteiger partial charge in [0.1, 0.15) is 6.04 Å². The number of carboxylic acids is 1. The normalized spacial score (nSPS) is 16.7. The van der Waals surface area contributed by atoms with E-state index in [2.05, 4.69) is 5.32 Å². The summed E-state index contributed by atoms with van der Waals surface area (Å²) < 4.78 is 0. The van der Waals surface area contributed by atoms with E-state index in [4.69, 9.17) is 28.3 Å². The number of likely N-dealkylation sites (tertiary alicyclic amines) is 1. The van der Waals surface area contributed by atoms with Gasteiger partial charge < -0.3 is 15.3 Å². The monoisotopic (exact) mass is 386 g/mol. The maximum atomic E-state index is 12.7. The average molecular weight is 387 g/mol. The van der Waals surface area contributed by atoms with Crippen LogP contribution in [0.4, 0.5) is 0 Å². The van der Waals surface area contributed by atoms with E-state index in [0.717, 1.165) is 6.42 Å². The Hall–Kier alpha value is -1.79. The average Bonchev–Trinajstić information content (AvgIpc) is 3.05. The Kier molecular flexibility index (Phi) is 7.08. The van der Waals surface area contributed by atoms with Crippen LogP contribution in [0.1, 0.15) is 42.5 Å². The van der Waals surface area contributed by atoms with Gasteiger partial charge in [0.05, 0.1) is 10.6 Å². The van der Waals surface area contributed by atoms with E-state index in [-0.39, 0.29) is 23.8 Å². The lowest BCUT2D eigenvalue weighted by atomic mass is 10.1. The van der Waals surface area contributed by atoms with Crippen LogP contribution in [0.25, 0.3) is 0 Å². The van der Waals surface area contributed by atoms with Crippen molar-refractivity contribution in [3.63, 3.8) is 0 Å². The first kappa shape index (κ1) is 19.5. The van der Waals surface area contributed by atoms with Gasteiger partial charge in [-0.05, 0) is 43.9 Å². The molecule has 25 heavy (non-hydrogen) atoms. The number of amides is 2. The Morgan fingerprint density at radius 1 is 1.24 bits per heavy atom. The molecule has 1 fully saturated rings. The first-order chi connectivity index (χ1) is 11.9. The number of benzene rings is 1. The molecule has 1 aromatic carbocycles. The largest absolute Gasteiger partial charge is 0.481 e. The van der Waals surface area contributed by atoms with Crippen molar-refractivity contribution in [3.8, 4) is 0 Å². The number of carbonyl (C=O) groups is 3. The van der Waals surface area contributed by atoms with E-state index in [1.165, 1.54) is 11.0 Å². The summed E-state index contributed by atoms with van der Waals surface area (Å²) in [6.45, 7) is 0.876. The third kappa shape index (κ3) is 5.34. The molecule has 8 heteroatoms. The molecule has 1 saturated heterocycles. The molecule has 2 N–H and O–H groups in total. The van der Waals surface area contributed by atoms with Gasteiger partial charge >= 0.3 is 5.97 Å². The number of carboxylic acid groups (broad SMARTS) is 1. The van der Waals surface area contributed by atoms with Gasteiger partial charge in [-0.1, -0.05) is 23.2 Å². The Morgan fingerprint density at radius 3 is 2.72 bits per heavy atom. The minimum atomic E-state index is -0.850. The van der Waals surface area contributed by atoms with Crippen LogP contribution in [0.3, 0.4) is 0 Å². The van der Waals surface area contributed by atoms with Crippen molar-refractivity contribution in [1.29, 1.82) is 0 Å². The van der Waals surface area contributed by atoms with E-state index >= 15 is 0 Å². The van der Waals surface area contributed by atoms with E-state index in [1.54, 1.807) is 12.1 Å². The molecular formula is C17H20Cl2N2O4. The second-order valence-electron chi connectivity index (χ2n) is 5.92. The molecule has 1 aliphatic heterocycles. The van der Waals surface area contributed by atoms with Gasteiger partial charge in [0.15, 0.2) is 0 Å². The minimum absolute atomic E-state index is 0.0805. The number of hydrogen-bond donors (Lipinski definition) is 2. The highest BCUT2D eigenvalue weighted by Gasteiger charge is 2.35. The Labute approximate surface area is 156 Å². The third-order valence-corrected chi connectivity index (χ3v) is 4.66. The van der Waals surface area contributed by atoms with Crippen molar-refractivity contribution in [2.75, 3.05) is 13.1 Å². The van der Waals surface area contributed by atoms with Crippen molar-refractivity contribution < 1.29 is 19.5 Å². The first-order valence-corrected chi connectivity index (χ1v) is 8.91. The molecule has 2 amide bonds. The Bertz CT molecular complexity index is 666. The summed E-state index contributed by atoms with van der Waals surface area (Å²) in [6.07, 6.45) is 2.49. The quantitative estimate of drug-likeness (QED) is 0.705. The highest BCUT2D eigenvalue weighted by molar-refractivity contribution is 6.35. The van der Waals surface area contributed by atoms with Crippen LogP contribution < -0.4 is 5.32 Å². The molecule has 6 nitrogen and oxygen atoms in total. The molecule has 1 aliphatic rings. The third-order valence-electron chi connectivity index (χ3n) is 4.09. The minimum Gasteiger partial charge on any atom is -0.481 e. The fourth-order valence-electron chi connectivity index (χ4n) is 2.83. The van der Waals surface area contributed by atoms with Crippen LogP contribution in [-0.2, 0) is 9.59 Å². The highest BCUT2D eigenvalue weighted by atomic mass is 35.5. The highest BCUT2D eigenvalue weighted by Crippen LogP contribution is 2.26. The van der Waals surface area contributed by atoms with Crippen molar-refractivity contribution in [2.45, 2.75) is 38.1 Å². The van der Waals surface area contributed by atoms with Crippen LogP contribution in [-0.4, -0.2) is 46.9 Å². The molecule has 1 unspecified atom stereocenters. The molecule has 136 valence electrons. The smallest absolute Gasteiger partial charge is 0.303 e. The number of nitrogens with one attached hydrogen (secondary N) is 1. The van der Waals surface area contributed by atoms with E-state index < -0.39 is 12.0 Å². The van der Waals surface area contributed by atoms with Crippen molar-refractivity contribution in [1.82, 2.24) is 10.2 Å².